The molecule has 0 radical (unpaired) electrons. The summed E-state index contributed by atoms with van der Waals surface area (Å²) in [5, 5.41) is 2.64. The van der Waals surface area contributed by atoms with Crippen LogP contribution < -0.4 is 10.2 Å². The predicted octanol–water partition coefficient (Wildman–Crippen LogP) is 4.03. The maximum absolute atomic E-state index is 13.0. The van der Waals surface area contributed by atoms with Crippen molar-refractivity contribution < 1.29 is 22.7 Å². The molecule has 1 fully saturated rings. The lowest BCUT2D eigenvalue weighted by Gasteiger charge is -2.28. The molecule has 2 aromatic heterocycles. The van der Waals surface area contributed by atoms with Gasteiger partial charge in [0.2, 0.25) is 5.91 Å². The molecule has 0 spiro atoms. The summed E-state index contributed by atoms with van der Waals surface area (Å²) in [6.45, 7) is 2.76. The SMILES string of the molecule is Cc1cc(NC(=O)CS(=O)(=O)c2ccc3nc(-c4ccc(Cl)s4)[nH]c3c2)ccc1N1CCOCC1=O. The van der Waals surface area contributed by atoms with E-state index in [0.29, 0.717) is 40.0 Å². The van der Waals surface area contributed by atoms with Crippen molar-refractivity contribution in [3.05, 3.63) is 58.4 Å². The number of nitrogens with one attached hydrogen (secondary N) is 2. The van der Waals surface area contributed by atoms with Crippen molar-refractivity contribution in [3.8, 4) is 10.7 Å². The Bertz CT molecular complexity index is 1600. The topological polar surface area (TPSA) is 121 Å². The molecule has 186 valence electrons. The van der Waals surface area contributed by atoms with Crippen molar-refractivity contribution in [2.75, 3.05) is 35.7 Å². The number of morpholine rings is 1. The average molecular weight is 545 g/mol. The Balaban J connectivity index is 1.30. The fraction of sp³-hybridized carbons (Fsp3) is 0.208. The fourth-order valence-corrected chi connectivity index (χ4v) is 6.15. The van der Waals surface area contributed by atoms with E-state index in [1.165, 1.54) is 23.5 Å². The number of H-pyrrole nitrogens is 1. The molecule has 5 rings (SSSR count). The number of carbonyl (C=O) groups is 2. The molecule has 36 heavy (non-hydrogen) atoms. The Kier molecular flexibility index (Phi) is 6.56. The van der Waals surface area contributed by atoms with Gasteiger partial charge >= 0.3 is 0 Å². The fourth-order valence-electron chi connectivity index (χ4n) is 4.00. The first-order valence-electron chi connectivity index (χ1n) is 11.0. The van der Waals surface area contributed by atoms with Gasteiger partial charge in [-0.05, 0) is 61.0 Å². The first-order valence-corrected chi connectivity index (χ1v) is 13.8. The van der Waals surface area contributed by atoms with Crippen LogP contribution in [0.15, 0.2) is 53.4 Å². The Hall–Kier alpha value is -3.25. The molecule has 9 nitrogen and oxygen atoms in total. The quantitative estimate of drug-likeness (QED) is 0.378. The maximum Gasteiger partial charge on any atom is 0.253 e. The average Bonchev–Trinajstić information content (AvgIpc) is 3.45. The van der Waals surface area contributed by atoms with E-state index in [1.807, 2.05) is 13.0 Å². The van der Waals surface area contributed by atoms with Crippen LogP contribution in [0.5, 0.6) is 0 Å². The van der Waals surface area contributed by atoms with Crippen LogP contribution in [-0.4, -0.2) is 55.7 Å². The number of hydrogen-bond acceptors (Lipinski definition) is 7. The van der Waals surface area contributed by atoms with Gasteiger partial charge < -0.3 is 19.9 Å². The monoisotopic (exact) mass is 544 g/mol. The number of carbonyl (C=O) groups excluding carboxylic acids is 2. The first kappa shape index (κ1) is 24.4. The molecule has 2 amide bonds. The number of anilines is 2. The number of nitrogens with zero attached hydrogens (tertiary/aromatic N) is 2. The number of fused-ring (bicyclic) bond motifs is 1. The Morgan fingerprint density at radius 3 is 2.78 bits per heavy atom. The molecular formula is C24H21ClN4O5S2. The van der Waals surface area contributed by atoms with Crippen LogP contribution in [0, 0.1) is 6.92 Å². The molecule has 0 aliphatic carbocycles. The molecule has 1 aliphatic heterocycles. The van der Waals surface area contributed by atoms with E-state index in [0.717, 1.165) is 16.1 Å². The van der Waals surface area contributed by atoms with E-state index in [4.69, 9.17) is 16.3 Å². The van der Waals surface area contributed by atoms with Gasteiger partial charge in [0.25, 0.3) is 5.91 Å². The summed E-state index contributed by atoms with van der Waals surface area (Å²) < 4.78 is 31.7. The molecule has 2 aromatic carbocycles. The third kappa shape index (κ3) is 5.00. The van der Waals surface area contributed by atoms with Crippen LogP contribution in [0.25, 0.3) is 21.7 Å². The third-order valence-corrected chi connectivity index (χ3v) is 8.55. The summed E-state index contributed by atoms with van der Waals surface area (Å²) in [7, 11) is -3.91. The molecule has 0 unspecified atom stereocenters. The van der Waals surface area contributed by atoms with Crippen molar-refractivity contribution in [1.82, 2.24) is 9.97 Å². The standard InChI is InChI=1S/C24H21ClN4O5S2/c1-14-10-15(2-5-19(14)29-8-9-34-12-23(29)31)26-22(30)13-36(32,33)16-3-4-17-18(11-16)28-24(27-17)20-6-7-21(25)35-20/h2-7,10-11H,8-9,12-13H2,1H3,(H,26,30)(H,27,28). The number of benzene rings is 2. The number of aryl methyl sites for hydroxylation is 1. The van der Waals surface area contributed by atoms with E-state index >= 15 is 0 Å². The number of ether oxygens (including phenoxy) is 1. The zero-order valence-corrected chi connectivity index (χ0v) is 21.5. The summed E-state index contributed by atoms with van der Waals surface area (Å²) in [5.41, 5.74) is 3.09. The van der Waals surface area contributed by atoms with Crippen molar-refractivity contribution in [1.29, 1.82) is 0 Å². The summed E-state index contributed by atoms with van der Waals surface area (Å²) in [6.07, 6.45) is 0. The van der Waals surface area contributed by atoms with Crippen LogP contribution >= 0.6 is 22.9 Å². The highest BCUT2D eigenvalue weighted by Gasteiger charge is 2.23. The van der Waals surface area contributed by atoms with Crippen molar-refractivity contribution >= 4 is 67.0 Å². The van der Waals surface area contributed by atoms with Gasteiger partial charge in [0.15, 0.2) is 9.84 Å². The number of rotatable bonds is 6. The molecule has 12 heteroatoms. The van der Waals surface area contributed by atoms with Crippen LogP contribution in [0.2, 0.25) is 4.34 Å². The zero-order valence-electron chi connectivity index (χ0n) is 19.1. The number of sulfone groups is 1. The second kappa shape index (κ2) is 9.66. The van der Waals surface area contributed by atoms with E-state index in [9.17, 15) is 18.0 Å². The van der Waals surface area contributed by atoms with Gasteiger partial charge in [-0.15, -0.1) is 11.3 Å². The number of thiophene rings is 1. The van der Waals surface area contributed by atoms with Crippen molar-refractivity contribution in [2.24, 2.45) is 0 Å². The molecular weight excluding hydrogens is 524 g/mol. The van der Waals surface area contributed by atoms with Crippen LogP contribution in [0.3, 0.4) is 0 Å². The molecule has 3 heterocycles. The Morgan fingerprint density at radius 2 is 2.06 bits per heavy atom. The van der Waals surface area contributed by atoms with Crippen molar-refractivity contribution in [3.63, 3.8) is 0 Å². The van der Waals surface area contributed by atoms with Crippen molar-refractivity contribution in [2.45, 2.75) is 11.8 Å². The van der Waals surface area contributed by atoms with Crippen LogP contribution in [0.1, 0.15) is 5.56 Å². The van der Waals surface area contributed by atoms with E-state index in [-0.39, 0.29) is 17.4 Å². The number of hydrogen-bond donors (Lipinski definition) is 2. The Labute approximate surface area is 216 Å². The minimum Gasteiger partial charge on any atom is -0.370 e. The molecule has 0 atom stereocenters. The molecule has 4 aromatic rings. The molecule has 1 aliphatic rings. The van der Waals surface area contributed by atoms with E-state index in [2.05, 4.69) is 15.3 Å². The van der Waals surface area contributed by atoms with E-state index < -0.39 is 21.5 Å². The third-order valence-electron chi connectivity index (χ3n) is 5.70. The van der Waals surface area contributed by atoms with Crippen LogP contribution in [0.4, 0.5) is 11.4 Å². The van der Waals surface area contributed by atoms with Crippen LogP contribution in [-0.2, 0) is 24.2 Å². The predicted molar refractivity (Wildman–Crippen MR) is 139 cm³/mol. The van der Waals surface area contributed by atoms with E-state index in [1.54, 1.807) is 35.2 Å². The van der Waals surface area contributed by atoms with Gasteiger partial charge in [0.05, 0.1) is 31.7 Å². The molecule has 2 N–H and O–H groups in total. The number of amides is 2. The lowest BCUT2D eigenvalue weighted by molar-refractivity contribution is -0.125. The summed E-state index contributed by atoms with van der Waals surface area (Å²) in [6, 6.07) is 13.2. The van der Waals surface area contributed by atoms with Gasteiger partial charge in [-0.3, -0.25) is 9.59 Å². The second-order valence-electron chi connectivity index (χ2n) is 8.27. The second-order valence-corrected chi connectivity index (χ2v) is 12.0. The number of aromatic amines is 1. The number of halogens is 1. The van der Waals surface area contributed by atoms with Gasteiger partial charge in [-0.2, -0.15) is 0 Å². The highest BCUT2D eigenvalue weighted by Crippen LogP contribution is 2.31. The number of imidazole rings is 1. The lowest BCUT2D eigenvalue weighted by Crippen LogP contribution is -2.42. The highest BCUT2D eigenvalue weighted by molar-refractivity contribution is 7.92. The van der Waals surface area contributed by atoms with Gasteiger partial charge in [0, 0.05) is 17.9 Å². The molecule has 0 bridgehead atoms. The molecule has 1 saturated heterocycles. The zero-order chi connectivity index (χ0) is 25.4. The van der Waals surface area contributed by atoms with Gasteiger partial charge in [-0.25, -0.2) is 13.4 Å². The molecule has 0 saturated carbocycles. The number of aromatic nitrogens is 2. The minimum atomic E-state index is -3.91. The summed E-state index contributed by atoms with van der Waals surface area (Å²) in [5.74, 6) is -0.925. The normalized spacial score (nSPS) is 14.4. The Morgan fingerprint density at radius 1 is 1.22 bits per heavy atom. The lowest BCUT2D eigenvalue weighted by atomic mass is 10.1. The summed E-state index contributed by atoms with van der Waals surface area (Å²) >= 11 is 7.36. The summed E-state index contributed by atoms with van der Waals surface area (Å²) in [4.78, 5) is 34.8. The largest absolute Gasteiger partial charge is 0.370 e. The smallest absolute Gasteiger partial charge is 0.253 e. The maximum atomic E-state index is 13.0. The highest BCUT2D eigenvalue weighted by atomic mass is 35.5. The van der Waals surface area contributed by atoms with Gasteiger partial charge in [-0.1, -0.05) is 11.6 Å². The van der Waals surface area contributed by atoms with Gasteiger partial charge in [0.1, 0.15) is 18.2 Å². The minimum absolute atomic E-state index is 0.0157. The first-order chi connectivity index (χ1) is 17.2.